The van der Waals surface area contributed by atoms with Gasteiger partial charge in [-0.15, -0.1) is 0 Å². The van der Waals surface area contributed by atoms with E-state index in [2.05, 4.69) is 22.5 Å². The van der Waals surface area contributed by atoms with E-state index >= 15 is 0 Å². The summed E-state index contributed by atoms with van der Waals surface area (Å²) in [5, 5.41) is 15.1. The maximum atomic E-state index is 12.6. The molecule has 1 aliphatic rings. The number of hydrogen-bond donors (Lipinski definition) is 3. The minimum atomic E-state index is -1.05. The van der Waals surface area contributed by atoms with Crippen molar-refractivity contribution in [3.8, 4) is 0 Å². The molecule has 0 aromatic carbocycles. The van der Waals surface area contributed by atoms with Crippen LogP contribution >= 0.6 is 0 Å². The van der Waals surface area contributed by atoms with Crippen LogP contribution in [0, 0.1) is 5.41 Å². The number of anilines is 1. The van der Waals surface area contributed by atoms with E-state index in [-0.39, 0.29) is 16.9 Å². The number of amides is 1. The van der Waals surface area contributed by atoms with Crippen LogP contribution in [0.2, 0.25) is 0 Å². The van der Waals surface area contributed by atoms with E-state index < -0.39 is 5.97 Å². The lowest BCUT2D eigenvalue weighted by Crippen LogP contribution is -2.44. The van der Waals surface area contributed by atoms with Gasteiger partial charge in [0.15, 0.2) is 0 Å². The van der Waals surface area contributed by atoms with E-state index in [4.69, 9.17) is 5.11 Å². The molecule has 0 radical (unpaired) electrons. The van der Waals surface area contributed by atoms with Crippen molar-refractivity contribution in [2.24, 2.45) is 5.41 Å². The molecule has 2 heterocycles. The van der Waals surface area contributed by atoms with Gasteiger partial charge in [0.25, 0.3) is 0 Å². The van der Waals surface area contributed by atoms with Crippen LogP contribution in [-0.4, -0.2) is 35.1 Å². The number of carboxylic acids is 1. The van der Waals surface area contributed by atoms with Crippen molar-refractivity contribution in [2.45, 2.75) is 32.6 Å². The average Bonchev–Trinajstić information content (AvgIpc) is 2.48. The summed E-state index contributed by atoms with van der Waals surface area (Å²) in [6, 6.07) is 1.44. The Labute approximate surface area is 124 Å². The number of aromatic carboxylic acids is 1. The van der Waals surface area contributed by atoms with E-state index in [0.717, 1.165) is 38.8 Å². The van der Waals surface area contributed by atoms with Gasteiger partial charge in [-0.25, -0.2) is 4.79 Å². The molecule has 0 unspecified atom stereocenters. The van der Waals surface area contributed by atoms with Gasteiger partial charge in [-0.1, -0.05) is 13.3 Å². The average molecular weight is 291 g/mol. The summed E-state index contributed by atoms with van der Waals surface area (Å²) in [4.78, 5) is 27.5. The summed E-state index contributed by atoms with van der Waals surface area (Å²) < 4.78 is 0. The summed E-state index contributed by atoms with van der Waals surface area (Å²) in [7, 11) is 0. The van der Waals surface area contributed by atoms with Gasteiger partial charge in [0, 0.05) is 6.20 Å². The third-order valence-electron chi connectivity index (χ3n) is 4.01. The van der Waals surface area contributed by atoms with Crippen LogP contribution < -0.4 is 10.6 Å². The summed E-state index contributed by atoms with van der Waals surface area (Å²) in [5.41, 5.74) is 0.149. The molecule has 1 saturated heterocycles. The normalized spacial score (nSPS) is 17.2. The van der Waals surface area contributed by atoms with Crippen molar-refractivity contribution in [2.75, 3.05) is 18.4 Å². The maximum Gasteiger partial charge on any atom is 0.337 e. The Morgan fingerprint density at radius 2 is 2.10 bits per heavy atom. The van der Waals surface area contributed by atoms with Crippen LogP contribution in [0.1, 0.15) is 43.0 Å². The number of aromatic nitrogens is 1. The molecule has 0 saturated carbocycles. The molecular formula is C15H21N3O3. The minimum absolute atomic E-state index is 0.0322. The molecule has 0 bridgehead atoms. The topological polar surface area (TPSA) is 91.3 Å². The van der Waals surface area contributed by atoms with E-state index in [0.29, 0.717) is 5.69 Å². The van der Waals surface area contributed by atoms with Crippen LogP contribution in [0.3, 0.4) is 0 Å². The molecule has 0 aliphatic carbocycles. The fourth-order valence-corrected chi connectivity index (χ4v) is 2.86. The fourth-order valence-electron chi connectivity index (χ4n) is 2.86. The highest BCUT2D eigenvalue weighted by atomic mass is 16.4. The summed E-state index contributed by atoms with van der Waals surface area (Å²) >= 11 is 0. The summed E-state index contributed by atoms with van der Waals surface area (Å²) in [6.45, 7) is 3.74. The standard InChI is InChI=1S/C15H21N3O3/c1-2-3-15(4-6-16-7-5-15)14(21)18-12-8-11(13(19)20)9-17-10-12/h8-10,16H,2-7H2,1H3,(H,18,21)(H,19,20). The molecule has 6 nitrogen and oxygen atoms in total. The van der Waals surface area contributed by atoms with E-state index in [1.54, 1.807) is 0 Å². The molecule has 0 spiro atoms. The van der Waals surface area contributed by atoms with Crippen molar-refractivity contribution >= 4 is 17.6 Å². The van der Waals surface area contributed by atoms with E-state index in [1.165, 1.54) is 18.5 Å². The number of carboxylic acid groups (broad SMARTS) is 1. The largest absolute Gasteiger partial charge is 0.478 e. The second-order valence-electron chi connectivity index (χ2n) is 5.50. The first-order chi connectivity index (χ1) is 10.1. The Bertz CT molecular complexity index is 519. The van der Waals surface area contributed by atoms with E-state index in [9.17, 15) is 9.59 Å². The van der Waals surface area contributed by atoms with Gasteiger partial charge in [0.2, 0.25) is 5.91 Å². The Hall–Kier alpha value is -1.95. The molecule has 21 heavy (non-hydrogen) atoms. The monoisotopic (exact) mass is 291 g/mol. The zero-order valence-electron chi connectivity index (χ0n) is 12.2. The second-order valence-corrected chi connectivity index (χ2v) is 5.50. The number of pyridine rings is 1. The smallest absolute Gasteiger partial charge is 0.337 e. The number of carbonyl (C=O) groups is 2. The zero-order chi connectivity index (χ0) is 15.3. The third-order valence-corrected chi connectivity index (χ3v) is 4.01. The molecule has 6 heteroatoms. The lowest BCUT2D eigenvalue weighted by Gasteiger charge is -2.36. The van der Waals surface area contributed by atoms with Gasteiger partial charge in [-0.2, -0.15) is 0 Å². The maximum absolute atomic E-state index is 12.6. The number of hydrogen-bond acceptors (Lipinski definition) is 4. The highest BCUT2D eigenvalue weighted by Gasteiger charge is 2.38. The van der Waals surface area contributed by atoms with Crippen molar-refractivity contribution in [3.05, 3.63) is 24.0 Å². The van der Waals surface area contributed by atoms with Crippen LogP contribution in [0.5, 0.6) is 0 Å². The Morgan fingerprint density at radius 1 is 1.38 bits per heavy atom. The van der Waals surface area contributed by atoms with Crippen LogP contribution in [0.4, 0.5) is 5.69 Å². The predicted octanol–water partition coefficient (Wildman–Crippen LogP) is 1.89. The number of piperidine rings is 1. The number of nitrogens with zero attached hydrogens (tertiary/aromatic N) is 1. The summed E-state index contributed by atoms with van der Waals surface area (Å²) in [6.07, 6.45) is 6.14. The first-order valence-electron chi connectivity index (χ1n) is 7.28. The summed E-state index contributed by atoms with van der Waals surface area (Å²) in [5.74, 6) is -1.08. The molecule has 2 rings (SSSR count). The second kappa shape index (κ2) is 6.67. The number of rotatable bonds is 5. The minimum Gasteiger partial charge on any atom is -0.478 e. The van der Waals surface area contributed by atoms with Crippen LogP contribution in [0.25, 0.3) is 0 Å². The lowest BCUT2D eigenvalue weighted by atomic mass is 9.74. The van der Waals surface area contributed by atoms with Gasteiger partial charge in [0.05, 0.1) is 22.9 Å². The molecular weight excluding hydrogens is 270 g/mol. The van der Waals surface area contributed by atoms with Gasteiger partial charge < -0.3 is 15.7 Å². The van der Waals surface area contributed by atoms with E-state index in [1.807, 2.05) is 0 Å². The van der Waals surface area contributed by atoms with Gasteiger partial charge in [0.1, 0.15) is 0 Å². The van der Waals surface area contributed by atoms with Gasteiger partial charge >= 0.3 is 5.97 Å². The highest BCUT2D eigenvalue weighted by molar-refractivity contribution is 5.96. The first-order valence-corrected chi connectivity index (χ1v) is 7.28. The highest BCUT2D eigenvalue weighted by Crippen LogP contribution is 2.35. The lowest BCUT2D eigenvalue weighted by molar-refractivity contribution is -0.127. The molecule has 0 atom stereocenters. The van der Waals surface area contributed by atoms with Crippen LogP contribution in [-0.2, 0) is 4.79 Å². The SMILES string of the molecule is CCCC1(C(=O)Nc2cncc(C(=O)O)c2)CCNCC1. The molecule has 1 fully saturated rings. The Balaban J connectivity index is 2.15. The molecule has 1 aromatic heterocycles. The van der Waals surface area contributed by atoms with Gasteiger partial charge in [-0.3, -0.25) is 9.78 Å². The third kappa shape index (κ3) is 3.58. The van der Waals surface area contributed by atoms with Gasteiger partial charge in [-0.05, 0) is 38.4 Å². The fraction of sp³-hybridized carbons (Fsp3) is 0.533. The van der Waals surface area contributed by atoms with Crippen molar-refractivity contribution < 1.29 is 14.7 Å². The molecule has 114 valence electrons. The molecule has 1 amide bonds. The zero-order valence-corrected chi connectivity index (χ0v) is 12.2. The van der Waals surface area contributed by atoms with Crippen molar-refractivity contribution in [3.63, 3.8) is 0 Å². The Kier molecular flexibility index (Phi) is 4.90. The first kappa shape index (κ1) is 15.4. The van der Waals surface area contributed by atoms with Crippen molar-refractivity contribution in [1.82, 2.24) is 10.3 Å². The predicted molar refractivity (Wildman–Crippen MR) is 79.3 cm³/mol. The van der Waals surface area contributed by atoms with Crippen LogP contribution in [0.15, 0.2) is 18.5 Å². The molecule has 1 aromatic rings. The quantitative estimate of drug-likeness (QED) is 0.770. The van der Waals surface area contributed by atoms with Crippen molar-refractivity contribution in [1.29, 1.82) is 0 Å². The number of carbonyl (C=O) groups excluding carboxylic acids is 1. The number of nitrogens with one attached hydrogen (secondary N) is 2. The Morgan fingerprint density at radius 3 is 2.71 bits per heavy atom. The molecule has 3 N–H and O–H groups in total. The molecule has 1 aliphatic heterocycles.